The summed E-state index contributed by atoms with van der Waals surface area (Å²) in [6.45, 7) is 5.03. The van der Waals surface area contributed by atoms with Crippen LogP contribution in [-0.2, 0) is 9.30 Å². The van der Waals surface area contributed by atoms with Gasteiger partial charge in [-0.05, 0) is 23.6 Å². The molecule has 0 heterocycles. The molecule has 1 N–H and O–H groups in total. The number of para-hydroxylation sites is 1. The largest absolute Gasteiger partial charge is 0.555 e. The van der Waals surface area contributed by atoms with E-state index in [2.05, 4.69) is 6.58 Å². The van der Waals surface area contributed by atoms with Crippen LogP contribution in [0.5, 0.6) is 5.75 Å². The van der Waals surface area contributed by atoms with Crippen molar-refractivity contribution < 1.29 is 18.9 Å². The Bertz CT molecular complexity index is 352. The maximum atomic E-state index is 11.0. The highest BCUT2D eigenvalue weighted by molar-refractivity contribution is 7.38. The predicted octanol–water partition coefficient (Wildman–Crippen LogP) is 2.67. The van der Waals surface area contributed by atoms with Crippen LogP contribution in [0.3, 0.4) is 0 Å². The molecule has 0 saturated heterocycles. The first-order valence-electron chi connectivity index (χ1n) is 4.78. The lowest BCUT2D eigenvalue weighted by Crippen LogP contribution is -2.27. The van der Waals surface area contributed by atoms with Crippen LogP contribution in [0.15, 0.2) is 43.2 Å². The summed E-state index contributed by atoms with van der Waals surface area (Å²) in [7, 11) is -2.47. The van der Waals surface area contributed by atoms with Gasteiger partial charge in [-0.25, -0.2) is 0 Å². The molecule has 1 aromatic rings. The summed E-state index contributed by atoms with van der Waals surface area (Å²) in [4.78, 5) is 9.05. The van der Waals surface area contributed by atoms with E-state index >= 15 is 0 Å². The Balaban J connectivity index is 2.65. The molecule has 0 aliphatic rings. The van der Waals surface area contributed by atoms with Gasteiger partial charge in [-0.15, -0.1) is 0 Å². The van der Waals surface area contributed by atoms with Crippen molar-refractivity contribution in [3.8, 4) is 5.75 Å². The van der Waals surface area contributed by atoms with Crippen molar-refractivity contribution in [2.75, 3.05) is 0 Å². The van der Waals surface area contributed by atoms with E-state index in [1.165, 1.54) is 0 Å². The van der Waals surface area contributed by atoms with E-state index in [0.717, 1.165) is 6.26 Å². The van der Waals surface area contributed by atoms with Crippen LogP contribution in [-0.4, -0.2) is 16.8 Å². The van der Waals surface area contributed by atoms with E-state index in [-0.39, 0.29) is 0 Å². The van der Waals surface area contributed by atoms with Gasteiger partial charge in [0, 0.05) is 0 Å². The normalized spacial score (nSPS) is 14.8. The summed E-state index contributed by atoms with van der Waals surface area (Å²) in [5.41, 5.74) is 0. The van der Waals surface area contributed by atoms with Gasteiger partial charge in [0.1, 0.15) is 5.75 Å². The van der Waals surface area contributed by atoms with Crippen LogP contribution in [0.25, 0.3) is 0 Å². The summed E-state index contributed by atoms with van der Waals surface area (Å²) >= 11 is 0. The lowest BCUT2D eigenvalue weighted by Gasteiger charge is -2.15. The first kappa shape index (κ1) is 12.7. The number of benzene rings is 1. The van der Waals surface area contributed by atoms with Crippen LogP contribution in [0, 0.1) is 0 Å². The van der Waals surface area contributed by atoms with Gasteiger partial charge in [0.15, 0.2) is 6.10 Å². The molecule has 0 saturated carbocycles. The third kappa shape index (κ3) is 3.65. The first-order chi connectivity index (χ1) is 7.65. The van der Waals surface area contributed by atoms with E-state index in [1.807, 2.05) is 18.2 Å². The SMILES string of the molecule is C=COC(C(C)Oc1ccccc1)[P+](=O)O. The van der Waals surface area contributed by atoms with E-state index in [0.29, 0.717) is 5.75 Å². The Morgan fingerprint density at radius 1 is 1.44 bits per heavy atom. The average molecular weight is 241 g/mol. The predicted molar refractivity (Wildman–Crippen MR) is 61.4 cm³/mol. The smallest absolute Gasteiger partial charge is 0.482 e. The molecule has 0 aliphatic carbocycles. The second-order valence-electron chi connectivity index (χ2n) is 3.13. The lowest BCUT2D eigenvalue weighted by atomic mass is 10.3. The van der Waals surface area contributed by atoms with E-state index < -0.39 is 20.0 Å². The van der Waals surface area contributed by atoms with Crippen molar-refractivity contribution in [2.45, 2.75) is 18.9 Å². The molecule has 0 radical (unpaired) electrons. The molecule has 0 spiro atoms. The maximum absolute atomic E-state index is 11.0. The lowest BCUT2D eigenvalue weighted by molar-refractivity contribution is 0.0811. The van der Waals surface area contributed by atoms with Crippen LogP contribution in [0.1, 0.15) is 6.92 Å². The molecule has 3 unspecified atom stereocenters. The molecule has 1 rings (SSSR count). The molecule has 3 atom stereocenters. The van der Waals surface area contributed by atoms with Gasteiger partial charge in [-0.3, -0.25) is 0 Å². The number of hydrogen-bond acceptors (Lipinski definition) is 3. The second kappa shape index (κ2) is 6.26. The highest BCUT2D eigenvalue weighted by Gasteiger charge is 2.38. The van der Waals surface area contributed by atoms with Crippen LogP contribution >= 0.6 is 8.03 Å². The molecule has 0 fully saturated rings. The van der Waals surface area contributed by atoms with Gasteiger partial charge in [-0.2, -0.15) is 4.89 Å². The first-order valence-corrected chi connectivity index (χ1v) is 6.06. The van der Waals surface area contributed by atoms with Gasteiger partial charge in [0.05, 0.1) is 6.26 Å². The van der Waals surface area contributed by atoms with Gasteiger partial charge in [0.25, 0.3) is 0 Å². The summed E-state index contributed by atoms with van der Waals surface area (Å²) in [6, 6.07) is 9.05. The standard InChI is InChI=1S/C11H13O4P/c1-3-14-11(16(12)13)9(2)15-10-7-5-4-6-8-10/h3-9,11H,1H2,2H3/p+1. The zero-order valence-corrected chi connectivity index (χ0v) is 9.84. The highest BCUT2D eigenvalue weighted by Crippen LogP contribution is 2.29. The fourth-order valence-electron chi connectivity index (χ4n) is 1.21. The van der Waals surface area contributed by atoms with Crippen molar-refractivity contribution in [3.63, 3.8) is 0 Å². The summed E-state index contributed by atoms with van der Waals surface area (Å²) in [6.07, 6.45) is 0.605. The quantitative estimate of drug-likeness (QED) is 0.614. The van der Waals surface area contributed by atoms with Crippen LogP contribution < -0.4 is 4.74 Å². The Morgan fingerprint density at radius 2 is 2.06 bits per heavy atom. The summed E-state index contributed by atoms with van der Waals surface area (Å²) in [5, 5.41) is 0. The van der Waals surface area contributed by atoms with Crippen LogP contribution in [0.2, 0.25) is 0 Å². The van der Waals surface area contributed by atoms with Crippen molar-refractivity contribution in [1.29, 1.82) is 0 Å². The average Bonchev–Trinajstić information content (AvgIpc) is 2.26. The highest BCUT2D eigenvalue weighted by atomic mass is 31.1. The molecule has 4 nitrogen and oxygen atoms in total. The Hall–Kier alpha value is -1.38. The minimum Gasteiger partial charge on any atom is -0.482 e. The Kier molecular flexibility index (Phi) is 4.96. The summed E-state index contributed by atoms with van der Waals surface area (Å²) < 4.78 is 21.4. The second-order valence-corrected chi connectivity index (χ2v) is 4.25. The third-order valence-electron chi connectivity index (χ3n) is 1.92. The van der Waals surface area contributed by atoms with Crippen LogP contribution in [0.4, 0.5) is 0 Å². The van der Waals surface area contributed by atoms with Crippen molar-refractivity contribution in [2.24, 2.45) is 0 Å². The minimum absolute atomic E-state index is 0.533. The molecule has 16 heavy (non-hydrogen) atoms. The van der Waals surface area contributed by atoms with Crippen molar-refractivity contribution in [1.82, 2.24) is 0 Å². The Morgan fingerprint density at radius 3 is 2.56 bits per heavy atom. The zero-order chi connectivity index (χ0) is 12.0. The van der Waals surface area contributed by atoms with E-state index in [9.17, 15) is 4.57 Å². The molecular weight excluding hydrogens is 227 g/mol. The fraction of sp³-hybridized carbons (Fsp3) is 0.273. The van der Waals surface area contributed by atoms with E-state index in [4.69, 9.17) is 14.4 Å². The maximum Gasteiger partial charge on any atom is 0.555 e. The topological polar surface area (TPSA) is 55.8 Å². The molecule has 1 aromatic carbocycles. The molecule has 0 aromatic heterocycles. The molecule has 5 heteroatoms. The fourth-order valence-corrected chi connectivity index (χ4v) is 1.82. The molecule has 0 aliphatic heterocycles. The van der Waals surface area contributed by atoms with E-state index in [1.54, 1.807) is 19.1 Å². The monoisotopic (exact) mass is 241 g/mol. The summed E-state index contributed by atoms with van der Waals surface area (Å²) in [5.74, 6) is -0.280. The minimum atomic E-state index is -2.47. The zero-order valence-electron chi connectivity index (χ0n) is 8.95. The molecule has 0 bridgehead atoms. The number of hydrogen-bond donors (Lipinski definition) is 1. The van der Waals surface area contributed by atoms with Crippen molar-refractivity contribution in [3.05, 3.63) is 43.2 Å². The van der Waals surface area contributed by atoms with Crippen molar-refractivity contribution >= 4 is 8.03 Å². The molecular formula is C11H14O4P+. The third-order valence-corrected chi connectivity index (χ3v) is 2.90. The Labute approximate surface area is 95.4 Å². The molecule has 86 valence electrons. The van der Waals surface area contributed by atoms with Gasteiger partial charge < -0.3 is 9.47 Å². The van der Waals surface area contributed by atoms with Gasteiger partial charge >= 0.3 is 13.9 Å². The number of ether oxygens (including phenoxy) is 2. The van der Waals surface area contributed by atoms with Gasteiger partial charge in [-0.1, -0.05) is 24.8 Å². The van der Waals surface area contributed by atoms with Gasteiger partial charge in [0.2, 0.25) is 0 Å². The number of rotatable bonds is 6. The molecule has 0 amide bonds.